The first kappa shape index (κ1) is 34.7. The van der Waals surface area contributed by atoms with Gasteiger partial charge in [0.15, 0.2) is 10.8 Å². The van der Waals surface area contributed by atoms with E-state index in [2.05, 4.69) is 39.0 Å². The summed E-state index contributed by atoms with van der Waals surface area (Å²) in [5.74, 6) is 0.468. The van der Waals surface area contributed by atoms with Crippen molar-refractivity contribution in [2.75, 3.05) is 23.4 Å². The summed E-state index contributed by atoms with van der Waals surface area (Å²) in [7, 11) is -4.39. The quantitative estimate of drug-likeness (QED) is 0.243. The number of carbonyl (C=O) groups is 1. The summed E-state index contributed by atoms with van der Waals surface area (Å²) in [6, 6.07) is 14.8. The van der Waals surface area contributed by atoms with Gasteiger partial charge in [0.1, 0.15) is 11.6 Å². The second-order valence-corrected chi connectivity index (χ2v) is 15.9. The van der Waals surface area contributed by atoms with Crippen LogP contribution in [-0.4, -0.2) is 70.0 Å². The third kappa shape index (κ3) is 7.37. The van der Waals surface area contributed by atoms with Gasteiger partial charge in [-0.1, -0.05) is 12.1 Å². The molecule has 2 aliphatic heterocycles. The van der Waals surface area contributed by atoms with Crippen LogP contribution in [0.15, 0.2) is 72.0 Å². The van der Waals surface area contributed by atoms with E-state index in [-0.39, 0.29) is 60.1 Å². The number of nitrogens with zero attached hydrogens (tertiary/aromatic N) is 6. The summed E-state index contributed by atoms with van der Waals surface area (Å²) < 4.78 is 76.3. The van der Waals surface area contributed by atoms with Gasteiger partial charge in [-0.05, 0) is 94.7 Å². The molecule has 1 saturated carbocycles. The van der Waals surface area contributed by atoms with Gasteiger partial charge in [-0.25, -0.2) is 19.4 Å². The second kappa shape index (κ2) is 13.1. The van der Waals surface area contributed by atoms with E-state index in [1.165, 1.54) is 28.9 Å². The van der Waals surface area contributed by atoms with E-state index >= 15 is 0 Å². The van der Waals surface area contributed by atoms with Crippen molar-refractivity contribution in [1.29, 1.82) is 0 Å². The number of amides is 1. The number of rotatable bonds is 7. The molecule has 0 spiro atoms. The van der Waals surface area contributed by atoms with Crippen LogP contribution in [0.1, 0.15) is 68.4 Å². The Balaban J connectivity index is 1.19. The van der Waals surface area contributed by atoms with Gasteiger partial charge >= 0.3 is 6.18 Å². The van der Waals surface area contributed by atoms with E-state index < -0.39 is 33.1 Å². The minimum absolute atomic E-state index is 0.0544. The predicted octanol–water partition coefficient (Wildman–Crippen LogP) is 5.71. The fraction of sp³-hybridized carbons (Fsp3) is 0.457. The van der Waals surface area contributed by atoms with Crippen molar-refractivity contribution in [2.45, 2.75) is 81.6 Å². The van der Waals surface area contributed by atoms with Crippen LogP contribution >= 0.6 is 0 Å². The number of anilines is 2. The lowest BCUT2D eigenvalue weighted by Crippen LogP contribution is -2.41. The normalized spacial score (nSPS) is 22.1. The van der Waals surface area contributed by atoms with Gasteiger partial charge in [0.2, 0.25) is 5.88 Å². The Morgan fingerprint density at radius 3 is 2.59 bits per heavy atom. The summed E-state index contributed by atoms with van der Waals surface area (Å²) in [5.41, 5.74) is -1.18. The molecule has 1 saturated heterocycles. The zero-order valence-electron chi connectivity index (χ0n) is 28.2. The smallest absolute Gasteiger partial charge is 0.394 e. The molecule has 3 aliphatic rings. The number of fused-ring (bicyclic) bond motifs is 6. The van der Waals surface area contributed by atoms with Crippen molar-refractivity contribution < 1.29 is 31.1 Å². The maximum absolute atomic E-state index is 13.8. The largest absolute Gasteiger partial charge is 0.477 e. The van der Waals surface area contributed by atoms with E-state index in [9.17, 15) is 26.4 Å². The van der Waals surface area contributed by atoms with Gasteiger partial charge in [0.05, 0.1) is 17.6 Å². The van der Waals surface area contributed by atoms with Crippen LogP contribution in [-0.2, 0) is 16.4 Å². The maximum atomic E-state index is 13.8. The molecule has 6 heterocycles. The fourth-order valence-corrected chi connectivity index (χ4v) is 8.04. The Labute approximate surface area is 293 Å². The van der Waals surface area contributed by atoms with Gasteiger partial charge < -0.3 is 15.0 Å². The molecular formula is C35H39F3N8O4S. The van der Waals surface area contributed by atoms with E-state index in [4.69, 9.17) is 9.72 Å². The van der Waals surface area contributed by atoms with Crippen molar-refractivity contribution in [3.8, 4) is 11.7 Å². The lowest BCUT2D eigenvalue weighted by molar-refractivity contribution is -0.190. The van der Waals surface area contributed by atoms with Gasteiger partial charge in [-0.2, -0.15) is 21.6 Å². The number of alkyl halides is 3. The Bertz CT molecular complexity index is 2020. The topological polar surface area (TPSA) is 144 Å². The molecule has 1 amide bonds. The highest BCUT2D eigenvalue weighted by Gasteiger charge is 2.62. The second-order valence-electron chi connectivity index (χ2n) is 14.2. The van der Waals surface area contributed by atoms with Crippen molar-refractivity contribution in [3.05, 3.63) is 78.2 Å². The minimum atomic E-state index is -4.39. The number of halogens is 3. The Kier molecular flexibility index (Phi) is 8.92. The van der Waals surface area contributed by atoms with Gasteiger partial charge in [0, 0.05) is 48.7 Å². The number of nitrogens with one attached hydrogen (secondary N) is 2. The standard InChI is InChI=1S/C35H39F3N8O4S/c1-33(2)21-23-9-10-25(20-24-6-3-4-17-39-24)40-27-7-5-8-30(41-27)51(48,49)44-32(47)26-11-12-28(42-31(26)45(33)22-23)46-18-13-29(43-46)50-19-16-34(14-15-34)35(36,37)38/h3-8,11-13,17-18,23,25H,9-10,14-16,19-22H2,1-2H3,(H,40,41)(H,44,47)/t23-,25?/m0/s1. The molecule has 1 unspecified atom stereocenters. The first-order chi connectivity index (χ1) is 24.2. The van der Waals surface area contributed by atoms with Crippen LogP contribution in [0, 0.1) is 11.3 Å². The Morgan fingerprint density at radius 1 is 1.02 bits per heavy atom. The first-order valence-electron chi connectivity index (χ1n) is 17.0. The van der Waals surface area contributed by atoms with Crippen molar-refractivity contribution >= 4 is 27.6 Å². The number of aromatic nitrogens is 5. The molecule has 0 radical (unpaired) electrons. The summed E-state index contributed by atoms with van der Waals surface area (Å²) in [6.07, 6.45) is 2.08. The van der Waals surface area contributed by atoms with Crippen LogP contribution in [0.25, 0.3) is 5.82 Å². The average Bonchev–Trinajstić information content (AvgIpc) is 3.63. The van der Waals surface area contributed by atoms with Crippen molar-refractivity contribution in [1.82, 2.24) is 29.5 Å². The van der Waals surface area contributed by atoms with Gasteiger partial charge in [0.25, 0.3) is 15.9 Å². The molecule has 0 aromatic carbocycles. The van der Waals surface area contributed by atoms with Crippen LogP contribution in [0.3, 0.4) is 0 Å². The lowest BCUT2D eigenvalue weighted by atomic mass is 9.91. The average molecular weight is 725 g/mol. The third-order valence-corrected chi connectivity index (χ3v) is 11.3. The zero-order valence-corrected chi connectivity index (χ0v) is 29.0. The van der Waals surface area contributed by atoms with E-state index in [0.29, 0.717) is 24.6 Å². The molecule has 2 N–H and O–H groups in total. The van der Waals surface area contributed by atoms with E-state index in [0.717, 1.165) is 25.0 Å². The summed E-state index contributed by atoms with van der Waals surface area (Å²) in [5, 5.41) is 7.48. The molecule has 12 nitrogen and oxygen atoms in total. The minimum Gasteiger partial charge on any atom is -0.477 e. The molecule has 4 bridgehead atoms. The van der Waals surface area contributed by atoms with Gasteiger partial charge in [-0.15, -0.1) is 5.10 Å². The maximum Gasteiger partial charge on any atom is 0.394 e. The molecule has 16 heteroatoms. The van der Waals surface area contributed by atoms with Crippen molar-refractivity contribution in [3.63, 3.8) is 0 Å². The first-order valence-corrected chi connectivity index (χ1v) is 18.4. The zero-order chi connectivity index (χ0) is 36.0. The Morgan fingerprint density at radius 2 is 1.84 bits per heavy atom. The molecule has 270 valence electrons. The van der Waals surface area contributed by atoms with E-state index in [1.54, 1.807) is 24.5 Å². The van der Waals surface area contributed by atoms with Crippen LogP contribution in [0.2, 0.25) is 0 Å². The summed E-state index contributed by atoms with van der Waals surface area (Å²) >= 11 is 0. The molecular weight excluding hydrogens is 685 g/mol. The monoisotopic (exact) mass is 724 g/mol. The summed E-state index contributed by atoms with van der Waals surface area (Å²) in [6.45, 7) is 4.55. The molecule has 1 aliphatic carbocycles. The van der Waals surface area contributed by atoms with E-state index in [1.807, 2.05) is 23.1 Å². The molecule has 2 fully saturated rings. The SMILES string of the molecule is CC1(C)C[C@@H]2CCC(Cc3ccccn3)Nc3cccc(n3)S(=O)(=O)NC(=O)c3ccc(-n4ccc(OCCC5(C(F)(F)F)CC5)n4)nc3N1C2. The summed E-state index contributed by atoms with van der Waals surface area (Å²) in [4.78, 5) is 29.5. The molecule has 7 rings (SSSR count). The molecule has 4 aromatic rings. The van der Waals surface area contributed by atoms with Crippen LogP contribution in [0.5, 0.6) is 5.88 Å². The predicted molar refractivity (Wildman–Crippen MR) is 182 cm³/mol. The van der Waals surface area contributed by atoms with Crippen LogP contribution < -0.4 is 19.7 Å². The third-order valence-electron chi connectivity index (χ3n) is 10.1. The number of pyridine rings is 3. The Hall–Kier alpha value is -4.73. The number of sulfonamides is 1. The highest BCUT2D eigenvalue weighted by atomic mass is 32.2. The number of hydrogen-bond donors (Lipinski definition) is 2. The number of hydrogen-bond acceptors (Lipinski definition) is 10. The van der Waals surface area contributed by atoms with Crippen molar-refractivity contribution in [2.24, 2.45) is 11.3 Å². The van der Waals surface area contributed by atoms with Crippen LogP contribution in [0.4, 0.5) is 24.8 Å². The molecule has 2 atom stereocenters. The molecule has 4 aromatic heterocycles. The fourth-order valence-electron chi connectivity index (χ4n) is 7.11. The highest BCUT2D eigenvalue weighted by Crippen LogP contribution is 2.59. The lowest BCUT2D eigenvalue weighted by Gasteiger charge is -2.34. The molecule has 51 heavy (non-hydrogen) atoms. The highest BCUT2D eigenvalue weighted by molar-refractivity contribution is 7.90. The van der Waals surface area contributed by atoms with Gasteiger partial charge in [-0.3, -0.25) is 9.78 Å². The number of carbonyl (C=O) groups excluding carboxylic acids is 1. The number of ether oxygens (including phenoxy) is 1.